The molecule has 2 heteroatoms. The molecule has 0 bridgehead atoms. The Morgan fingerprint density at radius 3 is 2.28 bits per heavy atom. The van der Waals surface area contributed by atoms with E-state index in [9.17, 15) is 9.59 Å². The molecule has 3 saturated carbocycles. The summed E-state index contributed by atoms with van der Waals surface area (Å²) in [6.45, 7) is 16.9. The van der Waals surface area contributed by atoms with Crippen molar-refractivity contribution >= 4 is 12.1 Å². The SMILES string of the molecule is CC1(C)CC[C@]2(C)CC[C@]3(C)[C@H](CC=C4[C@@]5(C)C=CC(=O)C(C)(C=O)C5CC[C@]43C)[C@H]2C1. The maximum atomic E-state index is 12.8. The Balaban J connectivity index is 1.61. The minimum Gasteiger partial charge on any atom is -0.302 e. The Morgan fingerprint density at radius 1 is 0.906 bits per heavy atom. The first-order chi connectivity index (χ1) is 14.8. The zero-order valence-corrected chi connectivity index (χ0v) is 21.5. The minimum atomic E-state index is -0.887. The quantitative estimate of drug-likeness (QED) is 0.245. The van der Waals surface area contributed by atoms with Crippen LogP contribution in [-0.2, 0) is 9.59 Å². The van der Waals surface area contributed by atoms with Crippen LogP contribution in [0.4, 0.5) is 0 Å². The molecule has 0 radical (unpaired) electrons. The molecule has 0 aromatic rings. The third kappa shape index (κ3) is 2.59. The highest BCUT2D eigenvalue weighted by atomic mass is 16.1. The Bertz CT molecular complexity index is 925. The van der Waals surface area contributed by atoms with E-state index in [1.807, 2.05) is 6.92 Å². The summed E-state index contributed by atoms with van der Waals surface area (Å²) in [6.07, 6.45) is 17.5. The summed E-state index contributed by atoms with van der Waals surface area (Å²) >= 11 is 0. The molecule has 0 aromatic heterocycles. The molecule has 0 spiro atoms. The molecule has 2 nitrogen and oxygen atoms in total. The summed E-state index contributed by atoms with van der Waals surface area (Å²) in [7, 11) is 0. The van der Waals surface area contributed by atoms with Gasteiger partial charge in [0.05, 0.1) is 5.41 Å². The number of carbonyl (C=O) groups is 2. The first kappa shape index (κ1) is 22.6. The molecule has 8 atom stereocenters. The highest BCUT2D eigenvalue weighted by molar-refractivity contribution is 6.06. The average Bonchev–Trinajstić information content (AvgIpc) is 2.73. The van der Waals surface area contributed by atoms with Crippen LogP contribution in [0.15, 0.2) is 23.8 Å². The molecule has 176 valence electrons. The summed E-state index contributed by atoms with van der Waals surface area (Å²) in [4.78, 5) is 25.0. The van der Waals surface area contributed by atoms with Crippen LogP contribution >= 0.6 is 0 Å². The second-order valence-corrected chi connectivity index (χ2v) is 14.3. The molecule has 2 unspecified atom stereocenters. The highest BCUT2D eigenvalue weighted by Crippen LogP contribution is 2.74. The van der Waals surface area contributed by atoms with Crippen LogP contribution in [0.5, 0.6) is 0 Å². The lowest BCUT2D eigenvalue weighted by molar-refractivity contribution is -0.157. The van der Waals surface area contributed by atoms with Gasteiger partial charge in [-0.2, -0.15) is 0 Å². The smallest absolute Gasteiger partial charge is 0.168 e. The van der Waals surface area contributed by atoms with Crippen LogP contribution in [0.1, 0.15) is 99.8 Å². The van der Waals surface area contributed by atoms with E-state index in [1.165, 1.54) is 44.1 Å². The third-order valence-electron chi connectivity index (χ3n) is 12.3. The fourth-order valence-corrected chi connectivity index (χ4v) is 9.78. The van der Waals surface area contributed by atoms with Gasteiger partial charge in [0.1, 0.15) is 6.29 Å². The van der Waals surface area contributed by atoms with Crippen molar-refractivity contribution in [2.45, 2.75) is 99.8 Å². The summed E-state index contributed by atoms with van der Waals surface area (Å²) in [5, 5.41) is 0. The second kappa shape index (κ2) is 6.48. The maximum Gasteiger partial charge on any atom is 0.168 e. The number of aldehydes is 1. The Hall–Kier alpha value is -1.18. The van der Waals surface area contributed by atoms with Gasteiger partial charge in [-0.3, -0.25) is 4.79 Å². The summed E-state index contributed by atoms with van der Waals surface area (Å²) in [5.41, 5.74) is 1.83. The van der Waals surface area contributed by atoms with Gasteiger partial charge in [-0.15, -0.1) is 0 Å². The van der Waals surface area contributed by atoms with E-state index in [-0.39, 0.29) is 27.9 Å². The van der Waals surface area contributed by atoms with Gasteiger partial charge in [0.25, 0.3) is 0 Å². The molecular weight excluding hydrogens is 392 g/mol. The van der Waals surface area contributed by atoms with Gasteiger partial charge in [0.15, 0.2) is 5.78 Å². The highest BCUT2D eigenvalue weighted by Gasteiger charge is 2.67. The zero-order valence-electron chi connectivity index (χ0n) is 21.5. The third-order valence-corrected chi connectivity index (χ3v) is 12.3. The molecule has 5 aliphatic carbocycles. The molecule has 3 fully saturated rings. The largest absolute Gasteiger partial charge is 0.302 e. The van der Waals surface area contributed by atoms with Crippen LogP contribution < -0.4 is 0 Å². The number of hydrogen-bond acceptors (Lipinski definition) is 2. The Kier molecular flexibility index (Phi) is 4.58. The molecule has 0 aliphatic heterocycles. The van der Waals surface area contributed by atoms with Gasteiger partial charge in [0, 0.05) is 5.41 Å². The van der Waals surface area contributed by atoms with E-state index in [4.69, 9.17) is 0 Å². The van der Waals surface area contributed by atoms with Gasteiger partial charge < -0.3 is 4.79 Å². The van der Waals surface area contributed by atoms with Crippen molar-refractivity contribution in [1.82, 2.24) is 0 Å². The number of carbonyl (C=O) groups excluding carboxylic acids is 2. The van der Waals surface area contributed by atoms with Crippen molar-refractivity contribution < 1.29 is 9.59 Å². The zero-order chi connectivity index (χ0) is 23.4. The summed E-state index contributed by atoms with van der Waals surface area (Å²) in [6, 6.07) is 0. The number of ketones is 1. The molecular formula is C30H44O2. The number of rotatable bonds is 1. The molecule has 0 saturated heterocycles. The standard InChI is InChI=1S/C30H44O2/c1-25(2)14-15-26(3)16-17-29(6)20(21(26)18-25)8-9-23-27(4)12-11-24(32)28(5,19-31)22(27)10-13-30(23,29)7/h9,11-12,19-22H,8,10,13-18H2,1-7H3/t20-,21-,22?,26-,27+,28?,29-,30-/m1/s1. The molecule has 0 heterocycles. The van der Waals surface area contributed by atoms with Crippen molar-refractivity contribution in [3.8, 4) is 0 Å². The number of hydrogen-bond donors (Lipinski definition) is 0. The first-order valence-electron chi connectivity index (χ1n) is 13.2. The Labute approximate surface area is 195 Å². The fourth-order valence-electron chi connectivity index (χ4n) is 9.78. The molecule has 0 N–H and O–H groups in total. The van der Waals surface area contributed by atoms with Gasteiger partial charge in [0.2, 0.25) is 0 Å². The summed E-state index contributed by atoms with van der Waals surface area (Å²) < 4.78 is 0. The molecule has 5 aliphatic rings. The fraction of sp³-hybridized carbons (Fsp3) is 0.800. The van der Waals surface area contributed by atoms with E-state index in [2.05, 4.69) is 53.7 Å². The van der Waals surface area contributed by atoms with E-state index in [1.54, 1.807) is 6.08 Å². The first-order valence-corrected chi connectivity index (χ1v) is 13.2. The van der Waals surface area contributed by atoms with E-state index < -0.39 is 5.41 Å². The van der Waals surface area contributed by atoms with E-state index in [0.717, 1.165) is 31.0 Å². The van der Waals surface area contributed by atoms with Gasteiger partial charge in [-0.1, -0.05) is 59.3 Å². The van der Waals surface area contributed by atoms with Crippen molar-refractivity contribution in [1.29, 1.82) is 0 Å². The van der Waals surface area contributed by atoms with Crippen molar-refractivity contribution in [2.24, 2.45) is 50.2 Å². The van der Waals surface area contributed by atoms with Crippen molar-refractivity contribution in [3.63, 3.8) is 0 Å². The predicted octanol–water partition coefficient (Wildman–Crippen LogP) is 7.33. The van der Waals surface area contributed by atoms with Crippen molar-refractivity contribution in [2.75, 3.05) is 0 Å². The Morgan fingerprint density at radius 2 is 1.59 bits per heavy atom. The lowest BCUT2D eigenvalue weighted by Crippen LogP contribution is -2.62. The van der Waals surface area contributed by atoms with Crippen LogP contribution in [0, 0.1) is 50.2 Å². The van der Waals surface area contributed by atoms with Crippen LogP contribution in [0.25, 0.3) is 0 Å². The lowest BCUT2D eigenvalue weighted by Gasteiger charge is -2.69. The molecule has 0 amide bonds. The van der Waals surface area contributed by atoms with E-state index in [0.29, 0.717) is 10.8 Å². The minimum absolute atomic E-state index is 0.00283. The topological polar surface area (TPSA) is 34.1 Å². The van der Waals surface area contributed by atoms with Gasteiger partial charge in [-0.25, -0.2) is 0 Å². The van der Waals surface area contributed by atoms with Crippen LogP contribution in [0.3, 0.4) is 0 Å². The lowest BCUT2D eigenvalue weighted by atomic mass is 9.34. The number of allylic oxidation sites excluding steroid dienone is 4. The average molecular weight is 437 g/mol. The monoisotopic (exact) mass is 436 g/mol. The van der Waals surface area contributed by atoms with Gasteiger partial charge in [-0.05, 0) is 104 Å². The van der Waals surface area contributed by atoms with Crippen LogP contribution in [-0.4, -0.2) is 12.1 Å². The second-order valence-electron chi connectivity index (χ2n) is 14.3. The molecule has 32 heavy (non-hydrogen) atoms. The predicted molar refractivity (Wildman–Crippen MR) is 130 cm³/mol. The van der Waals surface area contributed by atoms with Gasteiger partial charge >= 0.3 is 0 Å². The molecule has 5 rings (SSSR count). The van der Waals surface area contributed by atoms with Crippen LogP contribution in [0.2, 0.25) is 0 Å². The maximum absolute atomic E-state index is 12.8. The normalized spacial score (nSPS) is 53.9. The summed E-state index contributed by atoms with van der Waals surface area (Å²) in [5.74, 6) is 1.61. The molecule has 0 aromatic carbocycles. The van der Waals surface area contributed by atoms with E-state index >= 15 is 0 Å². The number of fused-ring (bicyclic) bond motifs is 7. The van der Waals surface area contributed by atoms with Crippen molar-refractivity contribution in [3.05, 3.63) is 23.8 Å².